The molecule has 0 unspecified atom stereocenters. The maximum Gasteiger partial charge on any atom is 0.0641 e. The molecule has 1 aromatic heterocycles. The summed E-state index contributed by atoms with van der Waals surface area (Å²) < 4.78 is 2.20. The van der Waals surface area contributed by atoms with Gasteiger partial charge in [-0.2, -0.15) is 5.10 Å². The van der Waals surface area contributed by atoms with E-state index in [1.807, 2.05) is 0 Å². The highest BCUT2D eigenvalue weighted by atomic mass is 15.3. The first kappa shape index (κ1) is 17.2. The van der Waals surface area contributed by atoms with Crippen molar-refractivity contribution in [2.45, 2.75) is 92.3 Å². The molecule has 1 N–H and O–H groups in total. The monoisotopic (exact) mass is 279 g/mol. The summed E-state index contributed by atoms with van der Waals surface area (Å²) in [7, 11) is 0. The normalized spacial score (nSPS) is 12.1. The zero-order valence-electron chi connectivity index (χ0n) is 14.3. The van der Waals surface area contributed by atoms with Crippen LogP contribution in [0.5, 0.6) is 0 Å². The van der Waals surface area contributed by atoms with Crippen molar-refractivity contribution in [1.82, 2.24) is 15.1 Å². The molecule has 0 fully saturated rings. The van der Waals surface area contributed by atoms with E-state index in [2.05, 4.69) is 51.5 Å². The van der Waals surface area contributed by atoms with Gasteiger partial charge >= 0.3 is 0 Å². The third-order valence-corrected chi connectivity index (χ3v) is 3.80. The van der Waals surface area contributed by atoms with Crippen molar-refractivity contribution in [3.63, 3.8) is 0 Å². The first-order chi connectivity index (χ1) is 9.35. The molecule has 20 heavy (non-hydrogen) atoms. The van der Waals surface area contributed by atoms with E-state index in [-0.39, 0.29) is 5.54 Å². The van der Waals surface area contributed by atoms with E-state index in [9.17, 15) is 0 Å². The van der Waals surface area contributed by atoms with Crippen LogP contribution in [0.25, 0.3) is 0 Å². The molecule has 0 saturated heterocycles. The molecule has 116 valence electrons. The lowest BCUT2D eigenvalue weighted by molar-refractivity contribution is 0.423. The Morgan fingerprint density at radius 2 is 1.70 bits per heavy atom. The smallest absolute Gasteiger partial charge is 0.0641 e. The average molecular weight is 279 g/mol. The largest absolute Gasteiger partial charge is 0.308 e. The molecule has 0 aromatic carbocycles. The number of nitrogens with zero attached hydrogens (tertiary/aromatic N) is 2. The fraction of sp³-hybridized carbons (Fsp3) is 0.824. The Balaban J connectivity index is 2.53. The minimum Gasteiger partial charge on any atom is -0.308 e. The molecule has 0 aliphatic rings. The van der Waals surface area contributed by atoms with E-state index in [1.165, 1.54) is 49.1 Å². The highest BCUT2D eigenvalue weighted by molar-refractivity contribution is 5.24. The molecule has 0 amide bonds. The van der Waals surface area contributed by atoms with Crippen molar-refractivity contribution >= 4 is 0 Å². The summed E-state index contributed by atoms with van der Waals surface area (Å²) in [6.07, 6.45) is 6.59. The Morgan fingerprint density at radius 3 is 2.30 bits per heavy atom. The van der Waals surface area contributed by atoms with Crippen LogP contribution >= 0.6 is 0 Å². The number of aryl methyl sites for hydroxylation is 2. The lowest BCUT2D eigenvalue weighted by atomic mass is 10.1. The molecule has 0 atom stereocenters. The summed E-state index contributed by atoms with van der Waals surface area (Å²) >= 11 is 0. The molecule has 0 aliphatic heterocycles. The Kier molecular flexibility index (Phi) is 6.74. The third-order valence-electron chi connectivity index (χ3n) is 3.80. The quantitative estimate of drug-likeness (QED) is 0.717. The number of rotatable bonds is 8. The second-order valence-corrected chi connectivity index (χ2v) is 6.89. The predicted molar refractivity (Wildman–Crippen MR) is 87.1 cm³/mol. The summed E-state index contributed by atoms with van der Waals surface area (Å²) in [6, 6.07) is 0. The van der Waals surface area contributed by atoms with Crippen LogP contribution in [-0.2, 0) is 13.1 Å². The second-order valence-electron chi connectivity index (χ2n) is 6.89. The fourth-order valence-corrected chi connectivity index (χ4v) is 2.43. The van der Waals surface area contributed by atoms with Gasteiger partial charge in [-0.1, -0.05) is 32.6 Å². The molecular formula is C17H33N3. The number of hydrogen-bond acceptors (Lipinski definition) is 2. The molecule has 1 aromatic rings. The minimum atomic E-state index is 0.154. The van der Waals surface area contributed by atoms with Gasteiger partial charge < -0.3 is 5.32 Å². The maximum atomic E-state index is 4.71. The molecular weight excluding hydrogens is 246 g/mol. The van der Waals surface area contributed by atoms with Gasteiger partial charge in [0.25, 0.3) is 0 Å². The number of aromatic nitrogens is 2. The standard InChI is InChI=1S/C17H33N3/c1-7-8-9-10-11-12-20-15(3)16(14(2)19-20)13-18-17(4,5)6/h18H,7-13H2,1-6H3. The number of hydrogen-bond donors (Lipinski definition) is 1. The molecule has 0 saturated carbocycles. The maximum absolute atomic E-state index is 4.71. The van der Waals surface area contributed by atoms with Gasteiger partial charge in [-0.3, -0.25) is 4.68 Å². The van der Waals surface area contributed by atoms with E-state index in [0.29, 0.717) is 0 Å². The van der Waals surface area contributed by atoms with E-state index >= 15 is 0 Å². The predicted octanol–water partition coefficient (Wildman–Crippen LogP) is 4.36. The van der Waals surface area contributed by atoms with Crippen LogP contribution in [0.2, 0.25) is 0 Å². The van der Waals surface area contributed by atoms with Crippen LogP contribution in [0.3, 0.4) is 0 Å². The first-order valence-electron chi connectivity index (χ1n) is 8.13. The lowest BCUT2D eigenvalue weighted by Crippen LogP contribution is -2.35. The molecule has 1 rings (SSSR count). The van der Waals surface area contributed by atoms with Gasteiger partial charge in [0.2, 0.25) is 0 Å². The van der Waals surface area contributed by atoms with E-state index in [4.69, 9.17) is 5.10 Å². The SMILES string of the molecule is CCCCCCCn1nc(C)c(CNC(C)(C)C)c1C. The van der Waals surface area contributed by atoms with Crippen LogP contribution in [0, 0.1) is 13.8 Å². The number of unbranched alkanes of at least 4 members (excludes halogenated alkanes) is 4. The highest BCUT2D eigenvalue weighted by Crippen LogP contribution is 2.15. The molecule has 3 heteroatoms. The van der Waals surface area contributed by atoms with Gasteiger partial charge in [-0.05, 0) is 41.0 Å². The van der Waals surface area contributed by atoms with E-state index < -0.39 is 0 Å². The average Bonchev–Trinajstić information content (AvgIpc) is 2.61. The number of nitrogens with one attached hydrogen (secondary N) is 1. The Hall–Kier alpha value is -0.830. The van der Waals surface area contributed by atoms with Crippen molar-refractivity contribution in [2.24, 2.45) is 0 Å². The first-order valence-corrected chi connectivity index (χ1v) is 8.13. The topological polar surface area (TPSA) is 29.9 Å². The second kappa shape index (κ2) is 7.82. The molecule has 3 nitrogen and oxygen atoms in total. The van der Waals surface area contributed by atoms with E-state index in [0.717, 1.165) is 13.1 Å². The van der Waals surface area contributed by atoms with Gasteiger partial charge in [0.1, 0.15) is 0 Å². The molecule has 0 aliphatic carbocycles. The fourth-order valence-electron chi connectivity index (χ4n) is 2.43. The summed E-state index contributed by atoms with van der Waals surface area (Å²) in [5, 5.41) is 8.27. The third kappa shape index (κ3) is 5.66. The van der Waals surface area contributed by atoms with Crippen LogP contribution in [-0.4, -0.2) is 15.3 Å². The summed E-state index contributed by atoms with van der Waals surface area (Å²) in [4.78, 5) is 0. The van der Waals surface area contributed by atoms with Gasteiger partial charge in [-0.15, -0.1) is 0 Å². The van der Waals surface area contributed by atoms with E-state index in [1.54, 1.807) is 0 Å². The van der Waals surface area contributed by atoms with Crippen molar-refractivity contribution in [2.75, 3.05) is 0 Å². The highest BCUT2D eigenvalue weighted by Gasteiger charge is 2.14. The summed E-state index contributed by atoms with van der Waals surface area (Å²) in [5.41, 5.74) is 4.03. The Bertz CT molecular complexity index is 399. The van der Waals surface area contributed by atoms with Gasteiger partial charge in [0.15, 0.2) is 0 Å². The van der Waals surface area contributed by atoms with Crippen LogP contribution in [0.15, 0.2) is 0 Å². The Morgan fingerprint density at radius 1 is 1.05 bits per heavy atom. The van der Waals surface area contributed by atoms with Crippen molar-refractivity contribution in [3.8, 4) is 0 Å². The zero-order chi connectivity index (χ0) is 15.2. The lowest BCUT2D eigenvalue weighted by Gasteiger charge is -2.20. The van der Waals surface area contributed by atoms with Gasteiger partial charge in [0, 0.05) is 29.9 Å². The molecule has 0 bridgehead atoms. The molecule has 1 heterocycles. The van der Waals surface area contributed by atoms with Crippen LogP contribution < -0.4 is 5.32 Å². The van der Waals surface area contributed by atoms with Crippen LogP contribution in [0.4, 0.5) is 0 Å². The van der Waals surface area contributed by atoms with Crippen molar-refractivity contribution < 1.29 is 0 Å². The minimum absolute atomic E-state index is 0.154. The molecule has 0 spiro atoms. The summed E-state index contributed by atoms with van der Waals surface area (Å²) in [6.45, 7) is 15.2. The summed E-state index contributed by atoms with van der Waals surface area (Å²) in [5.74, 6) is 0. The van der Waals surface area contributed by atoms with Crippen molar-refractivity contribution in [1.29, 1.82) is 0 Å². The Labute approximate surface area is 125 Å². The van der Waals surface area contributed by atoms with Crippen molar-refractivity contribution in [3.05, 3.63) is 17.0 Å². The van der Waals surface area contributed by atoms with Gasteiger partial charge in [0.05, 0.1) is 5.69 Å². The van der Waals surface area contributed by atoms with Gasteiger partial charge in [-0.25, -0.2) is 0 Å². The van der Waals surface area contributed by atoms with Crippen LogP contribution in [0.1, 0.15) is 76.8 Å². The molecule has 0 radical (unpaired) electrons. The zero-order valence-corrected chi connectivity index (χ0v) is 14.3.